The summed E-state index contributed by atoms with van der Waals surface area (Å²) < 4.78 is 81.0. The predicted octanol–water partition coefficient (Wildman–Crippen LogP) is 10.8. The molecule has 0 amide bonds. The highest BCUT2D eigenvalue weighted by Gasteiger charge is 2.31. The lowest BCUT2D eigenvalue weighted by atomic mass is 10.00. The number of hydrogen-bond acceptors (Lipinski definition) is 6. The van der Waals surface area contributed by atoms with Gasteiger partial charge in [-0.05, 0) is 84.9 Å². The summed E-state index contributed by atoms with van der Waals surface area (Å²) in [5.74, 6) is 0.736. The zero-order valence-electron chi connectivity index (χ0n) is 31.2. The van der Waals surface area contributed by atoms with E-state index in [1.165, 1.54) is 24.3 Å². The molecule has 58 heavy (non-hydrogen) atoms. The Bertz CT molecular complexity index is 2840. The van der Waals surface area contributed by atoms with Gasteiger partial charge < -0.3 is 10.2 Å². The van der Waals surface area contributed by atoms with Crippen molar-refractivity contribution in [2.24, 2.45) is 0 Å². The number of para-hydroxylation sites is 4. The number of nitrogens with zero attached hydrogens (tertiary/aromatic N) is 7. The lowest BCUT2D eigenvalue weighted by molar-refractivity contribution is -0.138. The van der Waals surface area contributed by atoms with Gasteiger partial charge in [0.05, 0.1) is 33.2 Å². The Morgan fingerprint density at radius 2 is 1.14 bits per heavy atom. The summed E-state index contributed by atoms with van der Waals surface area (Å²) in [7, 11) is 0. The van der Waals surface area contributed by atoms with E-state index in [1.54, 1.807) is 12.3 Å². The van der Waals surface area contributed by atoms with Gasteiger partial charge in [-0.1, -0.05) is 62.4 Å². The van der Waals surface area contributed by atoms with Gasteiger partial charge in [0.2, 0.25) is 0 Å². The van der Waals surface area contributed by atoms with Crippen LogP contribution in [0.3, 0.4) is 0 Å². The van der Waals surface area contributed by atoms with Crippen molar-refractivity contribution in [2.75, 3.05) is 31.5 Å². The van der Waals surface area contributed by atoms with Crippen LogP contribution in [0.4, 0.5) is 32.2 Å². The molecule has 0 aliphatic rings. The van der Waals surface area contributed by atoms with Crippen LogP contribution in [0.1, 0.15) is 36.1 Å². The summed E-state index contributed by atoms with van der Waals surface area (Å²) >= 11 is 0. The Hall–Kier alpha value is -6.90. The number of nitrogens with one attached hydrogen (secondary N) is 1. The number of nitriles is 2. The topological polar surface area (TPSA) is 97.5 Å². The van der Waals surface area contributed by atoms with Crippen LogP contribution in [-0.4, -0.2) is 49.8 Å². The maximum atomic E-state index is 13.0. The molecule has 0 saturated carbocycles. The maximum Gasteiger partial charge on any atom is 0.416 e. The van der Waals surface area contributed by atoms with Crippen LogP contribution in [0, 0.1) is 22.7 Å². The summed E-state index contributed by atoms with van der Waals surface area (Å²) in [6, 6.07) is 32.6. The van der Waals surface area contributed by atoms with E-state index in [4.69, 9.17) is 0 Å². The second-order valence-electron chi connectivity index (χ2n) is 13.3. The van der Waals surface area contributed by atoms with Gasteiger partial charge in [-0.2, -0.15) is 36.9 Å². The molecule has 4 heterocycles. The van der Waals surface area contributed by atoms with E-state index >= 15 is 0 Å². The highest BCUT2D eigenvalue weighted by atomic mass is 19.4. The largest absolute Gasteiger partial charge is 0.416 e. The standard InChI is InChI=1S/C25H24F3N5.C19H10F3N3/c1-3-32(4-2)14-13-30-23-15-19(17-9-11-18(12-10-17)25(26,27)28)20(16-29)24-31-21-7-5-6-8-22(21)33(23)24;20-19(21,22)13-7-5-12(6-8-13)14-9-10-25-17-4-2-1-3-16(17)24-18(25)15(14)11-23/h5-12,15,30H,3-4,13-14H2,1-2H3;1-10H. The normalized spacial score (nSPS) is 11.8. The summed E-state index contributed by atoms with van der Waals surface area (Å²) in [6.45, 7) is 7.58. The number of anilines is 1. The molecular formula is C44H34F6N8. The minimum absolute atomic E-state index is 0.320. The molecule has 0 aliphatic carbocycles. The van der Waals surface area contributed by atoms with Gasteiger partial charge in [0.1, 0.15) is 29.1 Å². The maximum absolute atomic E-state index is 13.0. The van der Waals surface area contributed by atoms with Gasteiger partial charge in [0, 0.05) is 30.4 Å². The fourth-order valence-corrected chi connectivity index (χ4v) is 6.93. The van der Waals surface area contributed by atoms with E-state index in [9.17, 15) is 36.9 Å². The third-order valence-corrected chi connectivity index (χ3v) is 9.95. The number of hydrogen-bond donors (Lipinski definition) is 1. The highest BCUT2D eigenvalue weighted by molar-refractivity contribution is 5.90. The third kappa shape index (κ3) is 7.62. The molecule has 0 unspecified atom stereocenters. The van der Waals surface area contributed by atoms with Crippen molar-refractivity contribution < 1.29 is 26.3 Å². The van der Waals surface area contributed by atoms with Crippen molar-refractivity contribution in [1.82, 2.24) is 23.7 Å². The number of fused-ring (bicyclic) bond motifs is 6. The average Bonchev–Trinajstić information content (AvgIpc) is 3.81. The Morgan fingerprint density at radius 1 is 0.638 bits per heavy atom. The van der Waals surface area contributed by atoms with Crippen molar-refractivity contribution in [3.8, 4) is 34.4 Å². The Morgan fingerprint density at radius 3 is 1.69 bits per heavy atom. The third-order valence-electron chi connectivity index (χ3n) is 9.95. The van der Waals surface area contributed by atoms with E-state index < -0.39 is 23.5 Å². The zero-order chi connectivity index (χ0) is 41.2. The first kappa shape index (κ1) is 39.3. The van der Waals surface area contributed by atoms with Crippen LogP contribution in [-0.2, 0) is 12.4 Å². The lowest BCUT2D eigenvalue weighted by Crippen LogP contribution is -2.29. The first-order valence-electron chi connectivity index (χ1n) is 18.3. The molecule has 8 aromatic rings. The second kappa shape index (κ2) is 15.9. The molecule has 0 saturated heterocycles. The average molecular weight is 789 g/mol. The summed E-state index contributed by atoms with van der Waals surface area (Å²) in [6.07, 6.45) is -7.03. The Labute approximate surface area is 328 Å². The fourth-order valence-electron chi connectivity index (χ4n) is 6.93. The van der Waals surface area contributed by atoms with Crippen LogP contribution in [0.15, 0.2) is 115 Å². The SMILES string of the molecule is CCN(CC)CCNc1cc(-c2ccc(C(F)(F)F)cc2)c(C#N)c2nc3ccccc3n12.N#Cc1c(-c2ccc(C(F)(F)F)cc2)ccn2c1nc1ccccc12. The van der Waals surface area contributed by atoms with Crippen LogP contribution in [0.5, 0.6) is 0 Å². The van der Waals surface area contributed by atoms with Crippen LogP contribution in [0.2, 0.25) is 0 Å². The van der Waals surface area contributed by atoms with Gasteiger partial charge in [0.15, 0.2) is 11.3 Å². The summed E-state index contributed by atoms with van der Waals surface area (Å²) in [5, 5.41) is 23.0. The number of pyridine rings is 2. The summed E-state index contributed by atoms with van der Waals surface area (Å²) in [4.78, 5) is 11.5. The molecule has 8 nitrogen and oxygen atoms in total. The molecular weight excluding hydrogens is 755 g/mol. The van der Waals surface area contributed by atoms with Gasteiger partial charge >= 0.3 is 12.4 Å². The number of aromatic nitrogens is 4. The van der Waals surface area contributed by atoms with Crippen molar-refractivity contribution in [3.05, 3.63) is 138 Å². The molecule has 0 bridgehead atoms. The number of imidazole rings is 2. The van der Waals surface area contributed by atoms with E-state index in [0.717, 1.165) is 71.8 Å². The number of halogens is 6. The van der Waals surface area contributed by atoms with Crippen LogP contribution >= 0.6 is 0 Å². The van der Waals surface area contributed by atoms with Crippen LogP contribution < -0.4 is 5.32 Å². The zero-order valence-corrected chi connectivity index (χ0v) is 31.2. The fraction of sp³-hybridized carbons (Fsp3) is 0.182. The van der Waals surface area contributed by atoms with Crippen molar-refractivity contribution in [2.45, 2.75) is 26.2 Å². The number of rotatable bonds is 8. The van der Waals surface area contributed by atoms with Crippen LogP contribution in [0.25, 0.3) is 55.6 Å². The minimum atomic E-state index is -4.42. The quantitative estimate of drug-likeness (QED) is 0.154. The first-order chi connectivity index (χ1) is 27.9. The molecule has 292 valence electrons. The van der Waals surface area contributed by atoms with E-state index in [-0.39, 0.29) is 0 Å². The molecule has 8 rings (SSSR count). The van der Waals surface area contributed by atoms with Crippen molar-refractivity contribution in [1.29, 1.82) is 10.5 Å². The predicted molar refractivity (Wildman–Crippen MR) is 212 cm³/mol. The number of likely N-dealkylation sites (N-methyl/N-ethyl adjacent to an activating group) is 1. The Balaban J connectivity index is 0.000000183. The number of benzene rings is 4. The smallest absolute Gasteiger partial charge is 0.370 e. The molecule has 0 spiro atoms. The van der Waals surface area contributed by atoms with E-state index in [2.05, 4.69) is 46.2 Å². The molecule has 14 heteroatoms. The lowest BCUT2D eigenvalue weighted by Gasteiger charge is -2.20. The monoisotopic (exact) mass is 788 g/mol. The number of alkyl halides is 6. The molecule has 1 N–H and O–H groups in total. The molecule has 0 aliphatic heterocycles. The second-order valence-corrected chi connectivity index (χ2v) is 13.3. The summed E-state index contributed by atoms with van der Waals surface area (Å²) in [5.41, 5.74) is 5.55. The van der Waals surface area contributed by atoms with Gasteiger partial charge in [-0.25, -0.2) is 9.97 Å². The van der Waals surface area contributed by atoms with Crippen molar-refractivity contribution >= 4 is 39.2 Å². The van der Waals surface area contributed by atoms with Crippen molar-refractivity contribution in [3.63, 3.8) is 0 Å². The van der Waals surface area contributed by atoms with Gasteiger partial charge in [0.25, 0.3) is 0 Å². The molecule has 4 aromatic heterocycles. The Kier molecular flexibility index (Phi) is 10.8. The van der Waals surface area contributed by atoms with E-state index in [1.807, 2.05) is 63.4 Å². The minimum Gasteiger partial charge on any atom is -0.370 e. The van der Waals surface area contributed by atoms with Gasteiger partial charge in [-0.15, -0.1) is 0 Å². The molecule has 0 radical (unpaired) electrons. The molecule has 0 atom stereocenters. The molecule has 4 aromatic carbocycles. The highest BCUT2D eigenvalue weighted by Crippen LogP contribution is 2.36. The van der Waals surface area contributed by atoms with E-state index in [0.29, 0.717) is 51.2 Å². The van der Waals surface area contributed by atoms with Gasteiger partial charge in [-0.3, -0.25) is 8.80 Å². The first-order valence-corrected chi connectivity index (χ1v) is 18.3. The molecule has 0 fully saturated rings.